The van der Waals surface area contributed by atoms with Crippen LogP contribution in [0.3, 0.4) is 0 Å². The van der Waals surface area contributed by atoms with Crippen LogP contribution in [-0.4, -0.2) is 10.8 Å². The summed E-state index contributed by atoms with van der Waals surface area (Å²) in [4.78, 5) is -3.84. The monoisotopic (exact) mass is 256 g/mol. The molecule has 0 N–H and O–H groups in total. The molecule has 0 atom stereocenters. The third-order valence-electron chi connectivity index (χ3n) is 0.756. The van der Waals surface area contributed by atoms with Gasteiger partial charge in [0.25, 0.3) is 12.0 Å². The Labute approximate surface area is 72.4 Å². The number of allylic oxidation sites excluding steroid dienone is 1. The molecule has 12 heavy (non-hydrogen) atoms. The van der Waals surface area contributed by atoms with Gasteiger partial charge >= 0.3 is 4.83 Å². The van der Waals surface area contributed by atoms with Crippen LogP contribution in [0.2, 0.25) is 0 Å². The van der Waals surface area contributed by atoms with Crippen LogP contribution in [0.1, 0.15) is 6.42 Å². The molecule has 0 unspecified atom stereocenters. The van der Waals surface area contributed by atoms with Gasteiger partial charge in [0.15, 0.2) is 0 Å². The zero-order valence-corrected chi connectivity index (χ0v) is 7.02. The van der Waals surface area contributed by atoms with Crippen LogP contribution in [-0.2, 0) is 0 Å². The smallest absolute Gasteiger partial charge is 0.202 e. The Morgan fingerprint density at radius 2 is 1.58 bits per heavy atom. The Morgan fingerprint density at radius 3 is 1.83 bits per heavy atom. The first-order chi connectivity index (χ1) is 5.12. The Balaban J connectivity index is 4.34. The molecule has 0 rings (SSSR count). The van der Waals surface area contributed by atoms with Crippen LogP contribution >= 0.6 is 15.9 Å². The molecule has 0 aromatic heterocycles. The fraction of sp³-hybridized carbons (Fsp3) is 0.600. The van der Waals surface area contributed by atoms with Crippen LogP contribution < -0.4 is 0 Å². The largest absolute Gasteiger partial charge is 0.307 e. The Hall–Kier alpha value is -0.200. The zero-order valence-electron chi connectivity index (χ0n) is 5.43. The van der Waals surface area contributed by atoms with Crippen molar-refractivity contribution in [3.05, 3.63) is 12.2 Å². The molecule has 0 aliphatic heterocycles. The number of rotatable bonds is 3. The van der Waals surface area contributed by atoms with E-state index in [4.69, 9.17) is 0 Å². The molecule has 0 fully saturated rings. The second kappa shape index (κ2) is 3.68. The lowest BCUT2D eigenvalue weighted by atomic mass is 10.2. The highest BCUT2D eigenvalue weighted by Crippen LogP contribution is 2.36. The van der Waals surface area contributed by atoms with Gasteiger partial charge in [-0.05, 0) is 15.9 Å². The lowest BCUT2D eigenvalue weighted by Crippen LogP contribution is -2.22. The van der Waals surface area contributed by atoms with E-state index >= 15 is 0 Å². The van der Waals surface area contributed by atoms with E-state index in [0.29, 0.717) is 0 Å². The predicted molar refractivity (Wildman–Crippen MR) is 33.7 cm³/mol. The molecule has 0 radical (unpaired) electrons. The maximum Gasteiger partial charge on any atom is 0.307 e. The molecule has 0 aliphatic carbocycles. The number of alkyl halides is 5. The van der Waals surface area contributed by atoms with E-state index in [1.165, 1.54) is 0 Å². The van der Waals surface area contributed by atoms with Gasteiger partial charge in [-0.1, -0.05) is 0 Å². The van der Waals surface area contributed by atoms with Gasteiger partial charge in [-0.2, -0.15) is 17.6 Å². The molecule has 0 amide bonds. The van der Waals surface area contributed by atoms with Gasteiger partial charge in [0.1, 0.15) is 0 Å². The van der Waals surface area contributed by atoms with Gasteiger partial charge in [0.05, 0.1) is 6.42 Å². The fourth-order valence-electron chi connectivity index (χ4n) is 0.478. The maximum atomic E-state index is 12.1. The maximum absolute atomic E-state index is 12.1. The molecule has 0 spiro atoms. The van der Waals surface area contributed by atoms with E-state index in [1.54, 1.807) is 15.9 Å². The first-order valence-electron chi connectivity index (χ1n) is 2.61. The molecular formula is C5H3BrF6. The second-order valence-corrected chi connectivity index (χ2v) is 3.15. The number of hydrogen-bond donors (Lipinski definition) is 0. The van der Waals surface area contributed by atoms with E-state index in [2.05, 4.69) is 0 Å². The molecule has 0 saturated carbocycles. The van der Waals surface area contributed by atoms with E-state index < -0.39 is 29.3 Å². The standard InChI is InChI=1S/C5H3BrF6/c6-5(11,12)2-4(9,10)1-3(7)8/h1H,2H2. The average Bonchev–Trinajstić information content (AvgIpc) is 1.48. The molecule has 0 aliphatic rings. The number of hydrogen-bond acceptors (Lipinski definition) is 0. The summed E-state index contributed by atoms with van der Waals surface area (Å²) in [6.07, 6.45) is -5.48. The van der Waals surface area contributed by atoms with E-state index in [0.717, 1.165) is 0 Å². The SMILES string of the molecule is FC(F)=CC(F)(F)CC(F)(F)Br. The molecule has 0 bridgehead atoms. The van der Waals surface area contributed by atoms with Gasteiger partial charge in [0.2, 0.25) is 0 Å². The van der Waals surface area contributed by atoms with Crippen molar-refractivity contribution < 1.29 is 26.3 Å². The van der Waals surface area contributed by atoms with Gasteiger partial charge in [-0.15, -0.1) is 0 Å². The summed E-state index contributed by atoms with van der Waals surface area (Å²) in [5, 5.41) is 0. The fourth-order valence-corrected chi connectivity index (χ4v) is 0.852. The van der Waals surface area contributed by atoms with Crippen LogP contribution in [0, 0.1) is 0 Å². The lowest BCUT2D eigenvalue weighted by Gasteiger charge is -2.14. The van der Waals surface area contributed by atoms with Crippen molar-refractivity contribution in [3.8, 4) is 0 Å². The van der Waals surface area contributed by atoms with Crippen molar-refractivity contribution >= 4 is 15.9 Å². The highest BCUT2D eigenvalue weighted by Gasteiger charge is 2.40. The molecule has 72 valence electrons. The van der Waals surface area contributed by atoms with Crippen LogP contribution in [0.5, 0.6) is 0 Å². The molecule has 0 aromatic carbocycles. The summed E-state index contributed by atoms with van der Waals surface area (Å²) in [7, 11) is 0. The number of halogens is 7. The molecular weight excluding hydrogens is 254 g/mol. The first-order valence-corrected chi connectivity index (χ1v) is 3.40. The summed E-state index contributed by atoms with van der Waals surface area (Å²) < 4.78 is 70.3. The van der Waals surface area contributed by atoms with Crippen molar-refractivity contribution in [2.24, 2.45) is 0 Å². The topological polar surface area (TPSA) is 0 Å². The Morgan fingerprint density at radius 1 is 1.17 bits per heavy atom. The van der Waals surface area contributed by atoms with E-state index in [9.17, 15) is 26.3 Å². The first kappa shape index (κ1) is 11.8. The minimum atomic E-state index is -4.20. The van der Waals surface area contributed by atoms with Crippen molar-refractivity contribution in [2.75, 3.05) is 0 Å². The van der Waals surface area contributed by atoms with Gasteiger partial charge in [-0.3, -0.25) is 0 Å². The van der Waals surface area contributed by atoms with Crippen LogP contribution in [0.25, 0.3) is 0 Å². The molecule has 7 heteroatoms. The van der Waals surface area contributed by atoms with E-state index in [-0.39, 0.29) is 0 Å². The third-order valence-corrected chi connectivity index (χ3v) is 1.04. The second-order valence-electron chi connectivity index (χ2n) is 1.99. The van der Waals surface area contributed by atoms with Gasteiger partial charge in [0, 0.05) is 6.08 Å². The quantitative estimate of drug-likeness (QED) is 0.533. The predicted octanol–water partition coefficient (Wildman–Crippen LogP) is 3.78. The van der Waals surface area contributed by atoms with E-state index in [1.807, 2.05) is 0 Å². The summed E-state index contributed by atoms with van der Waals surface area (Å²) in [5.41, 5.74) is 0. The minimum Gasteiger partial charge on any atom is -0.202 e. The summed E-state index contributed by atoms with van der Waals surface area (Å²) in [6, 6.07) is 0. The Kier molecular flexibility index (Phi) is 3.61. The highest BCUT2D eigenvalue weighted by atomic mass is 79.9. The molecule has 0 saturated heterocycles. The zero-order chi connectivity index (χ0) is 9.99. The summed E-state index contributed by atoms with van der Waals surface area (Å²) >= 11 is 1.62. The van der Waals surface area contributed by atoms with Crippen LogP contribution in [0.15, 0.2) is 12.2 Å². The summed E-state index contributed by atoms with van der Waals surface area (Å²) in [5.74, 6) is -4.20. The van der Waals surface area contributed by atoms with Gasteiger partial charge < -0.3 is 0 Å². The van der Waals surface area contributed by atoms with Crippen LogP contribution in [0.4, 0.5) is 26.3 Å². The van der Waals surface area contributed by atoms with Gasteiger partial charge in [-0.25, -0.2) is 8.78 Å². The Bertz CT molecular complexity index is 177. The lowest BCUT2D eigenvalue weighted by molar-refractivity contribution is -0.0301. The third kappa shape index (κ3) is 6.51. The molecule has 0 nitrogen and oxygen atoms in total. The minimum absolute atomic E-state index is 0.803. The molecule has 0 aromatic rings. The summed E-state index contributed by atoms with van der Waals surface area (Å²) in [6.45, 7) is 0. The normalized spacial score (nSPS) is 12.9. The van der Waals surface area contributed by atoms with Crippen molar-refractivity contribution in [1.82, 2.24) is 0 Å². The van der Waals surface area contributed by atoms with Crippen molar-refractivity contribution in [2.45, 2.75) is 17.2 Å². The highest BCUT2D eigenvalue weighted by molar-refractivity contribution is 9.10. The average molecular weight is 257 g/mol. The van der Waals surface area contributed by atoms with Crippen molar-refractivity contribution in [3.63, 3.8) is 0 Å². The van der Waals surface area contributed by atoms with Crippen molar-refractivity contribution in [1.29, 1.82) is 0 Å². The molecule has 0 heterocycles.